The molecule has 0 radical (unpaired) electrons. The lowest BCUT2D eigenvalue weighted by Crippen LogP contribution is -2.39. The van der Waals surface area contributed by atoms with Gasteiger partial charge >= 0.3 is 0 Å². The molecule has 74 valence electrons. The van der Waals surface area contributed by atoms with Crippen molar-refractivity contribution < 1.29 is 4.74 Å². The molecule has 0 atom stereocenters. The van der Waals surface area contributed by atoms with Crippen LogP contribution in [0, 0.1) is 0 Å². The minimum atomic E-state index is 0.160. The Balaban J connectivity index is 2.24. The molecule has 13 heavy (non-hydrogen) atoms. The molecule has 0 aromatic rings. The van der Waals surface area contributed by atoms with Gasteiger partial charge in [-0.15, -0.1) is 0 Å². The summed E-state index contributed by atoms with van der Waals surface area (Å²) in [5.74, 6) is 0. The largest absolute Gasteiger partial charge is 0.370 e. The lowest BCUT2D eigenvalue weighted by Gasteiger charge is -2.41. The zero-order chi connectivity index (χ0) is 9.31. The van der Waals surface area contributed by atoms with E-state index in [1.54, 1.807) is 3.58 Å². The first kappa shape index (κ1) is 9.97. The molecule has 1 saturated carbocycles. The Bertz CT molecular complexity index is 226. The molecule has 0 N–H and O–H groups in total. The van der Waals surface area contributed by atoms with Crippen LogP contribution in [-0.4, -0.2) is 12.2 Å². The first-order valence-corrected chi connectivity index (χ1v) is 6.32. The summed E-state index contributed by atoms with van der Waals surface area (Å²) < 4.78 is 7.57. The van der Waals surface area contributed by atoms with Crippen LogP contribution in [0.2, 0.25) is 0 Å². The minimum absolute atomic E-state index is 0.160. The molecular formula is C11H17IO. The van der Waals surface area contributed by atoms with Gasteiger partial charge in [0.1, 0.15) is 0 Å². The van der Waals surface area contributed by atoms with Gasteiger partial charge in [0.15, 0.2) is 0 Å². The summed E-state index contributed by atoms with van der Waals surface area (Å²) >= 11 is 2.49. The summed E-state index contributed by atoms with van der Waals surface area (Å²) in [6, 6.07) is 0. The summed E-state index contributed by atoms with van der Waals surface area (Å²) in [4.78, 5) is 0. The summed E-state index contributed by atoms with van der Waals surface area (Å²) in [5, 5.41) is 0. The topological polar surface area (TPSA) is 9.23 Å². The van der Waals surface area contributed by atoms with E-state index >= 15 is 0 Å². The highest BCUT2D eigenvalue weighted by molar-refractivity contribution is 14.1. The van der Waals surface area contributed by atoms with E-state index in [-0.39, 0.29) is 5.60 Å². The van der Waals surface area contributed by atoms with E-state index in [0.717, 1.165) is 13.0 Å². The molecule has 2 heteroatoms. The fourth-order valence-electron chi connectivity index (χ4n) is 2.52. The third kappa shape index (κ3) is 1.80. The molecule has 0 aromatic heterocycles. The predicted molar refractivity (Wildman–Crippen MR) is 63.1 cm³/mol. The van der Waals surface area contributed by atoms with Gasteiger partial charge in [-0.25, -0.2) is 0 Å². The van der Waals surface area contributed by atoms with Crippen molar-refractivity contribution in [2.24, 2.45) is 0 Å². The molecular weight excluding hydrogens is 275 g/mol. The monoisotopic (exact) mass is 292 g/mol. The molecule has 1 spiro atoms. The molecule has 0 saturated heterocycles. The molecule has 2 aliphatic rings. The van der Waals surface area contributed by atoms with Crippen LogP contribution in [0.1, 0.15) is 45.4 Å². The summed E-state index contributed by atoms with van der Waals surface area (Å²) in [6.45, 7) is 3.21. The zero-order valence-corrected chi connectivity index (χ0v) is 10.4. The van der Waals surface area contributed by atoms with Crippen molar-refractivity contribution >= 4 is 22.6 Å². The minimum Gasteiger partial charge on any atom is -0.370 e. The van der Waals surface area contributed by atoms with E-state index in [4.69, 9.17) is 4.74 Å². The lowest BCUT2D eigenvalue weighted by molar-refractivity contribution is -0.0487. The molecule has 0 amide bonds. The van der Waals surface area contributed by atoms with Crippen molar-refractivity contribution in [2.75, 3.05) is 6.61 Å². The second-order valence-corrected chi connectivity index (χ2v) is 5.49. The van der Waals surface area contributed by atoms with E-state index in [0.29, 0.717) is 0 Å². The molecule has 0 bridgehead atoms. The molecule has 1 nitrogen and oxygen atoms in total. The van der Waals surface area contributed by atoms with Crippen LogP contribution >= 0.6 is 22.6 Å². The highest BCUT2D eigenvalue weighted by Crippen LogP contribution is 2.43. The number of hydrogen-bond acceptors (Lipinski definition) is 1. The van der Waals surface area contributed by atoms with Gasteiger partial charge < -0.3 is 4.74 Å². The van der Waals surface area contributed by atoms with Crippen molar-refractivity contribution in [1.82, 2.24) is 0 Å². The summed E-state index contributed by atoms with van der Waals surface area (Å²) in [5.41, 5.74) is 1.69. The van der Waals surface area contributed by atoms with Crippen molar-refractivity contribution in [3.63, 3.8) is 0 Å². The van der Waals surface area contributed by atoms with Gasteiger partial charge in [-0.2, -0.15) is 0 Å². The van der Waals surface area contributed by atoms with E-state index < -0.39 is 0 Å². The van der Waals surface area contributed by atoms with E-state index in [2.05, 4.69) is 29.5 Å². The van der Waals surface area contributed by atoms with Crippen LogP contribution in [0.15, 0.2) is 9.15 Å². The number of ether oxygens (including phenoxy) is 1. The van der Waals surface area contributed by atoms with Gasteiger partial charge in [0.25, 0.3) is 0 Å². The quantitative estimate of drug-likeness (QED) is 0.617. The third-order valence-corrected chi connectivity index (χ3v) is 4.80. The molecule has 0 aromatic carbocycles. The van der Waals surface area contributed by atoms with E-state index in [9.17, 15) is 0 Å². The first-order valence-electron chi connectivity index (χ1n) is 5.24. The van der Waals surface area contributed by atoms with Crippen molar-refractivity contribution in [3.8, 4) is 0 Å². The smallest absolute Gasteiger partial charge is 0.0899 e. The van der Waals surface area contributed by atoms with Crippen LogP contribution in [0.4, 0.5) is 0 Å². The standard InChI is InChI=1S/C11H17IO/c1-9-10(12)5-8-13-11(9)6-3-2-4-7-11/h2-8H2,1H3. The average Bonchev–Trinajstić information content (AvgIpc) is 2.16. The lowest BCUT2D eigenvalue weighted by atomic mass is 9.78. The van der Waals surface area contributed by atoms with Gasteiger partial charge in [-0.1, -0.05) is 19.3 Å². The number of rotatable bonds is 0. The van der Waals surface area contributed by atoms with E-state index in [1.165, 1.54) is 37.7 Å². The normalized spacial score (nSPS) is 28.2. The van der Waals surface area contributed by atoms with Crippen LogP contribution in [-0.2, 0) is 4.74 Å². The van der Waals surface area contributed by atoms with Crippen LogP contribution in [0.25, 0.3) is 0 Å². The molecule has 1 aliphatic carbocycles. The Morgan fingerprint density at radius 1 is 1.23 bits per heavy atom. The number of halogens is 1. The summed E-state index contributed by atoms with van der Waals surface area (Å²) in [7, 11) is 0. The maximum Gasteiger partial charge on any atom is 0.0899 e. The molecule has 1 fully saturated rings. The Labute approximate surface area is 94.1 Å². The molecule has 0 unspecified atom stereocenters. The second kappa shape index (κ2) is 3.89. The van der Waals surface area contributed by atoms with Crippen molar-refractivity contribution in [3.05, 3.63) is 9.15 Å². The Hall–Kier alpha value is 0.430. The fraction of sp³-hybridized carbons (Fsp3) is 0.818. The Kier molecular flexibility index (Phi) is 2.98. The zero-order valence-electron chi connectivity index (χ0n) is 8.24. The maximum atomic E-state index is 6.03. The average molecular weight is 292 g/mol. The fourth-order valence-corrected chi connectivity index (χ4v) is 3.23. The van der Waals surface area contributed by atoms with Crippen LogP contribution < -0.4 is 0 Å². The van der Waals surface area contributed by atoms with Crippen molar-refractivity contribution in [2.45, 2.75) is 51.0 Å². The SMILES string of the molecule is CC1=C(I)CCOC12CCCCC2. The predicted octanol–water partition coefficient (Wildman–Crippen LogP) is 3.82. The van der Waals surface area contributed by atoms with Crippen molar-refractivity contribution in [1.29, 1.82) is 0 Å². The number of hydrogen-bond donors (Lipinski definition) is 0. The maximum absolute atomic E-state index is 6.03. The first-order chi connectivity index (χ1) is 6.25. The second-order valence-electron chi connectivity index (χ2n) is 4.18. The van der Waals surface area contributed by atoms with Gasteiger partial charge in [-0.05, 0) is 51.5 Å². The van der Waals surface area contributed by atoms with Gasteiger partial charge in [0.2, 0.25) is 0 Å². The molecule has 1 heterocycles. The van der Waals surface area contributed by atoms with Crippen LogP contribution in [0.5, 0.6) is 0 Å². The summed E-state index contributed by atoms with van der Waals surface area (Å²) in [6.07, 6.45) is 7.74. The Morgan fingerprint density at radius 2 is 1.92 bits per heavy atom. The van der Waals surface area contributed by atoms with Gasteiger partial charge in [0.05, 0.1) is 12.2 Å². The molecule has 1 aliphatic heterocycles. The molecule has 2 rings (SSSR count). The van der Waals surface area contributed by atoms with Crippen LogP contribution in [0.3, 0.4) is 0 Å². The highest BCUT2D eigenvalue weighted by atomic mass is 127. The third-order valence-electron chi connectivity index (χ3n) is 3.45. The highest BCUT2D eigenvalue weighted by Gasteiger charge is 2.37. The van der Waals surface area contributed by atoms with Gasteiger partial charge in [0, 0.05) is 6.42 Å². The Morgan fingerprint density at radius 3 is 2.62 bits per heavy atom. The van der Waals surface area contributed by atoms with Gasteiger partial charge in [-0.3, -0.25) is 0 Å². The van der Waals surface area contributed by atoms with E-state index in [1.807, 2.05) is 0 Å².